The van der Waals surface area contributed by atoms with Crippen LogP contribution < -0.4 is 0 Å². The number of ether oxygens (including phenoxy) is 3. The summed E-state index contributed by atoms with van der Waals surface area (Å²) in [5.74, 6) is -1.02. The Balaban J connectivity index is 1.78. The third-order valence-corrected chi connectivity index (χ3v) is 5.92. The van der Waals surface area contributed by atoms with Gasteiger partial charge < -0.3 is 19.1 Å². The fourth-order valence-corrected chi connectivity index (χ4v) is 3.96. The number of benzene rings is 1. The molecule has 1 aliphatic rings. The molecule has 0 bridgehead atoms. The summed E-state index contributed by atoms with van der Waals surface area (Å²) in [5, 5.41) is 4.48. The highest BCUT2D eigenvalue weighted by Gasteiger charge is 2.45. The van der Waals surface area contributed by atoms with Crippen molar-refractivity contribution in [1.82, 2.24) is 14.7 Å². The maximum Gasteiger partial charge on any atom is 0.410 e. The number of aromatic nitrogens is 2. The number of carbonyl (C=O) groups excluding carboxylic acids is 2. The van der Waals surface area contributed by atoms with Crippen molar-refractivity contribution in [2.24, 2.45) is 0 Å². The minimum Gasteiger partial charge on any atom is -0.461 e. The second kappa shape index (κ2) is 11.9. The average Bonchev–Trinajstić information content (AvgIpc) is 3.52. The van der Waals surface area contributed by atoms with E-state index in [2.05, 4.69) is 5.10 Å². The van der Waals surface area contributed by atoms with Crippen LogP contribution in [0.25, 0.3) is 6.08 Å². The zero-order valence-electron chi connectivity index (χ0n) is 21.3. The van der Waals surface area contributed by atoms with E-state index in [1.165, 1.54) is 10.7 Å². The van der Waals surface area contributed by atoms with Gasteiger partial charge in [-0.2, -0.15) is 5.10 Å². The van der Waals surface area contributed by atoms with E-state index in [4.69, 9.17) is 25.8 Å². The molecule has 10 heteroatoms. The number of nitrogens with zero attached hydrogens (tertiary/aromatic N) is 3. The molecule has 1 aromatic carbocycles. The lowest BCUT2D eigenvalue weighted by Gasteiger charge is -2.27. The van der Waals surface area contributed by atoms with Gasteiger partial charge in [0.1, 0.15) is 16.6 Å². The predicted molar refractivity (Wildman–Crippen MR) is 134 cm³/mol. The fraction of sp³-hybridized carbons (Fsp3) is 0.500. The van der Waals surface area contributed by atoms with E-state index < -0.39 is 23.5 Å². The number of amides is 1. The molecule has 36 heavy (non-hydrogen) atoms. The van der Waals surface area contributed by atoms with Crippen LogP contribution in [0.2, 0.25) is 5.15 Å². The van der Waals surface area contributed by atoms with E-state index in [0.29, 0.717) is 24.1 Å². The second-order valence-electron chi connectivity index (χ2n) is 9.46. The smallest absolute Gasteiger partial charge is 0.410 e. The Hall–Kier alpha value is -2.91. The SMILES string of the molecule is CCOC(=O)c1nn(Cc2ccccc2F)c(Cl)c1/C=C\CCN(C(=O)OC(C)(C)C)C1CC1OC. The summed E-state index contributed by atoms with van der Waals surface area (Å²) in [4.78, 5) is 26.9. The molecule has 0 saturated heterocycles. The van der Waals surface area contributed by atoms with Crippen LogP contribution in [0.3, 0.4) is 0 Å². The first-order valence-corrected chi connectivity index (χ1v) is 12.3. The predicted octanol–water partition coefficient (Wildman–Crippen LogP) is 5.33. The first-order chi connectivity index (χ1) is 17.1. The molecule has 1 amide bonds. The lowest BCUT2D eigenvalue weighted by Crippen LogP contribution is -2.40. The topological polar surface area (TPSA) is 82.9 Å². The van der Waals surface area contributed by atoms with Gasteiger partial charge in [0.15, 0.2) is 5.69 Å². The van der Waals surface area contributed by atoms with Crippen molar-refractivity contribution in [3.05, 3.63) is 58.1 Å². The molecule has 0 radical (unpaired) electrons. The van der Waals surface area contributed by atoms with Gasteiger partial charge in [-0.15, -0.1) is 0 Å². The minimum atomic E-state index is -0.623. The normalized spacial score (nSPS) is 17.3. The van der Waals surface area contributed by atoms with Crippen molar-refractivity contribution < 1.29 is 28.2 Å². The van der Waals surface area contributed by atoms with Crippen LogP contribution >= 0.6 is 11.6 Å². The molecule has 0 aliphatic heterocycles. The summed E-state index contributed by atoms with van der Waals surface area (Å²) in [6.45, 7) is 7.78. The van der Waals surface area contributed by atoms with Crippen molar-refractivity contribution in [3.8, 4) is 0 Å². The second-order valence-corrected chi connectivity index (χ2v) is 9.82. The van der Waals surface area contributed by atoms with E-state index >= 15 is 0 Å². The van der Waals surface area contributed by atoms with Crippen LogP contribution in [-0.2, 0) is 20.8 Å². The van der Waals surface area contributed by atoms with Crippen LogP contribution in [0.4, 0.5) is 9.18 Å². The van der Waals surface area contributed by atoms with Gasteiger partial charge in [0.2, 0.25) is 0 Å². The third-order valence-electron chi connectivity index (χ3n) is 5.52. The van der Waals surface area contributed by atoms with Crippen LogP contribution in [-0.4, -0.2) is 64.8 Å². The number of halogens is 2. The maximum atomic E-state index is 14.2. The third kappa shape index (κ3) is 7.07. The van der Waals surface area contributed by atoms with Gasteiger partial charge in [-0.1, -0.05) is 42.0 Å². The summed E-state index contributed by atoms with van der Waals surface area (Å²) in [6, 6.07) is 6.25. The molecule has 196 valence electrons. The van der Waals surface area contributed by atoms with Crippen molar-refractivity contribution >= 4 is 29.7 Å². The van der Waals surface area contributed by atoms with E-state index in [0.717, 1.165) is 6.42 Å². The lowest BCUT2D eigenvalue weighted by atomic mass is 10.2. The fourth-order valence-electron chi connectivity index (χ4n) is 3.71. The molecule has 1 fully saturated rings. The molecule has 2 atom stereocenters. The Labute approximate surface area is 215 Å². The van der Waals surface area contributed by atoms with Gasteiger partial charge in [0.05, 0.1) is 25.3 Å². The summed E-state index contributed by atoms with van der Waals surface area (Å²) in [5.41, 5.74) is 0.187. The molecule has 2 aromatic rings. The van der Waals surface area contributed by atoms with Gasteiger partial charge in [-0.25, -0.2) is 18.7 Å². The monoisotopic (exact) mass is 521 g/mol. The van der Waals surface area contributed by atoms with Crippen LogP contribution in [0.15, 0.2) is 30.3 Å². The van der Waals surface area contributed by atoms with Crippen LogP contribution in [0.5, 0.6) is 0 Å². The number of carbonyl (C=O) groups is 2. The molecule has 1 aromatic heterocycles. The highest BCUT2D eigenvalue weighted by atomic mass is 35.5. The van der Waals surface area contributed by atoms with Gasteiger partial charge >= 0.3 is 12.1 Å². The first kappa shape index (κ1) is 27.7. The standard InChI is InChI=1S/C26H33ClFN3O5/c1-6-35-24(32)22-18(23(27)31(29-22)16-17-11-7-8-13-19(17)28)12-9-10-14-30(20-15-21(20)34-5)25(33)36-26(2,3)4/h7-9,11-13,20-21H,6,10,14-16H2,1-5H3/b12-9-. The number of hydrogen-bond acceptors (Lipinski definition) is 6. The highest BCUT2D eigenvalue weighted by molar-refractivity contribution is 6.31. The van der Waals surface area contributed by atoms with Gasteiger partial charge in [-0.05, 0) is 46.6 Å². The molecule has 0 spiro atoms. The van der Waals surface area contributed by atoms with Crippen molar-refractivity contribution in [1.29, 1.82) is 0 Å². The Kier molecular flexibility index (Phi) is 9.13. The molecular weight excluding hydrogens is 489 g/mol. The van der Waals surface area contributed by atoms with Crippen molar-refractivity contribution in [2.75, 3.05) is 20.3 Å². The Morgan fingerprint density at radius 1 is 1.31 bits per heavy atom. The molecule has 8 nitrogen and oxygen atoms in total. The number of esters is 1. The molecular formula is C26H33ClFN3O5. The summed E-state index contributed by atoms with van der Waals surface area (Å²) in [6.07, 6.45) is 4.30. The van der Waals surface area contributed by atoms with Gasteiger partial charge in [0.25, 0.3) is 0 Å². The van der Waals surface area contributed by atoms with E-state index in [1.54, 1.807) is 49.3 Å². The number of hydrogen-bond donors (Lipinski definition) is 0. The Morgan fingerprint density at radius 3 is 2.64 bits per heavy atom. The van der Waals surface area contributed by atoms with Gasteiger partial charge in [0, 0.05) is 24.8 Å². The Bertz CT molecular complexity index is 1110. The van der Waals surface area contributed by atoms with E-state index in [1.807, 2.05) is 20.8 Å². The largest absolute Gasteiger partial charge is 0.461 e. The summed E-state index contributed by atoms with van der Waals surface area (Å²) < 4.78 is 31.6. The molecule has 1 saturated carbocycles. The van der Waals surface area contributed by atoms with Gasteiger partial charge in [-0.3, -0.25) is 0 Å². The lowest BCUT2D eigenvalue weighted by molar-refractivity contribution is 0.0192. The molecule has 0 N–H and O–H groups in total. The molecule has 2 unspecified atom stereocenters. The quantitative estimate of drug-likeness (QED) is 0.393. The Morgan fingerprint density at radius 2 is 2.03 bits per heavy atom. The summed E-state index contributed by atoms with van der Waals surface area (Å²) >= 11 is 6.56. The van der Waals surface area contributed by atoms with E-state index in [-0.39, 0.29) is 36.1 Å². The number of rotatable bonds is 10. The number of methoxy groups -OCH3 is 1. The van der Waals surface area contributed by atoms with Crippen LogP contribution in [0.1, 0.15) is 62.2 Å². The van der Waals surface area contributed by atoms with Crippen molar-refractivity contribution in [3.63, 3.8) is 0 Å². The molecule has 1 aliphatic carbocycles. The molecule has 1 heterocycles. The van der Waals surface area contributed by atoms with Crippen molar-refractivity contribution in [2.45, 2.75) is 64.8 Å². The van der Waals surface area contributed by atoms with Crippen LogP contribution in [0, 0.1) is 5.82 Å². The first-order valence-electron chi connectivity index (χ1n) is 11.9. The van der Waals surface area contributed by atoms with E-state index in [9.17, 15) is 14.0 Å². The molecule has 3 rings (SSSR count). The zero-order valence-corrected chi connectivity index (χ0v) is 22.0. The minimum absolute atomic E-state index is 0.0111. The summed E-state index contributed by atoms with van der Waals surface area (Å²) in [7, 11) is 1.62. The average molecular weight is 522 g/mol. The zero-order chi connectivity index (χ0) is 26.5. The highest BCUT2D eigenvalue weighted by Crippen LogP contribution is 2.32. The maximum absolute atomic E-state index is 14.2.